The average molecular weight is 281 g/mol. The van der Waals surface area contributed by atoms with Gasteiger partial charge in [0.2, 0.25) is 5.24 Å². The van der Waals surface area contributed by atoms with Gasteiger partial charge in [-0.3, -0.25) is 9.69 Å². The van der Waals surface area contributed by atoms with Gasteiger partial charge in [-0.05, 0) is 23.7 Å². The van der Waals surface area contributed by atoms with Gasteiger partial charge in [0.25, 0.3) is 0 Å². The normalized spacial score (nSPS) is 20.9. The van der Waals surface area contributed by atoms with E-state index in [4.69, 9.17) is 16.3 Å². The summed E-state index contributed by atoms with van der Waals surface area (Å²) in [6.07, 6.45) is 0.177. The number of hydrogen-bond donors (Lipinski definition) is 0. The zero-order chi connectivity index (χ0) is 13.4. The van der Waals surface area contributed by atoms with Gasteiger partial charge in [-0.25, -0.2) is 4.79 Å². The van der Waals surface area contributed by atoms with Crippen molar-refractivity contribution in [3.05, 3.63) is 24.3 Å². The van der Waals surface area contributed by atoms with E-state index in [1.807, 2.05) is 24.3 Å². The van der Waals surface area contributed by atoms with Crippen molar-refractivity contribution in [1.82, 2.24) is 4.90 Å². The minimum absolute atomic E-state index is 0.00725. The molecule has 0 aromatic heterocycles. The quantitative estimate of drug-likeness (QED) is 0.794. The molecule has 0 radical (unpaired) electrons. The molecule has 1 fully saturated rings. The molecule has 5 nitrogen and oxygen atoms in total. The van der Waals surface area contributed by atoms with E-state index in [2.05, 4.69) is 0 Å². The molecule has 1 aromatic carbocycles. The van der Waals surface area contributed by atoms with Crippen LogP contribution in [0.4, 0.5) is 10.5 Å². The van der Waals surface area contributed by atoms with Crippen molar-refractivity contribution in [2.75, 3.05) is 24.6 Å². The molecule has 0 bridgehead atoms. The summed E-state index contributed by atoms with van der Waals surface area (Å²) >= 11 is 5.32. The Labute approximate surface area is 115 Å². The van der Waals surface area contributed by atoms with Crippen LogP contribution < -0.4 is 9.64 Å². The van der Waals surface area contributed by atoms with E-state index in [0.717, 1.165) is 11.4 Å². The molecule has 1 unspecified atom stereocenters. The van der Waals surface area contributed by atoms with Crippen LogP contribution in [0.1, 0.15) is 6.42 Å². The number of para-hydroxylation sites is 2. The Morgan fingerprint density at radius 3 is 3.00 bits per heavy atom. The second-order valence-corrected chi connectivity index (χ2v) is 5.06. The fraction of sp³-hybridized carbons (Fsp3) is 0.385. The number of amides is 2. The van der Waals surface area contributed by atoms with Crippen molar-refractivity contribution < 1.29 is 14.3 Å². The van der Waals surface area contributed by atoms with Crippen molar-refractivity contribution >= 4 is 28.6 Å². The van der Waals surface area contributed by atoms with E-state index in [9.17, 15) is 9.59 Å². The summed E-state index contributed by atoms with van der Waals surface area (Å²) in [7, 11) is 0. The third-order valence-electron chi connectivity index (χ3n) is 3.41. The molecule has 19 heavy (non-hydrogen) atoms. The molecule has 0 N–H and O–H groups in total. The smallest absolute Gasteiger partial charge is 0.325 e. The standard InChI is InChI=1S/C13H13ClN2O3/c14-12(17)5-6-15-7-9-8-19-11-4-2-1-3-10(11)16(9)13(15)18/h1-4,9H,5-8H2. The van der Waals surface area contributed by atoms with Crippen molar-refractivity contribution in [3.8, 4) is 5.75 Å². The van der Waals surface area contributed by atoms with Gasteiger partial charge in [-0.2, -0.15) is 0 Å². The molecule has 3 rings (SSSR count). The lowest BCUT2D eigenvalue weighted by molar-refractivity contribution is -0.111. The minimum atomic E-state index is -0.422. The number of halogens is 1. The summed E-state index contributed by atoms with van der Waals surface area (Å²) in [6, 6.07) is 7.40. The summed E-state index contributed by atoms with van der Waals surface area (Å²) in [5, 5.41) is -0.422. The van der Waals surface area contributed by atoms with E-state index < -0.39 is 5.24 Å². The molecule has 1 aromatic rings. The first kappa shape index (κ1) is 12.3. The van der Waals surface area contributed by atoms with Gasteiger partial charge in [0.1, 0.15) is 12.4 Å². The maximum Gasteiger partial charge on any atom is 0.325 e. The number of hydrogen-bond acceptors (Lipinski definition) is 3. The van der Waals surface area contributed by atoms with Gasteiger partial charge in [0.15, 0.2) is 0 Å². The SMILES string of the molecule is O=C(Cl)CCN1CC2COc3ccccc3N2C1=O. The molecule has 100 valence electrons. The molecule has 2 aliphatic heterocycles. The fourth-order valence-electron chi connectivity index (χ4n) is 2.52. The highest BCUT2D eigenvalue weighted by Gasteiger charge is 2.41. The van der Waals surface area contributed by atoms with Gasteiger partial charge >= 0.3 is 6.03 Å². The van der Waals surface area contributed by atoms with Crippen molar-refractivity contribution in [3.63, 3.8) is 0 Å². The Morgan fingerprint density at radius 1 is 1.42 bits per heavy atom. The van der Waals surface area contributed by atoms with Crippen molar-refractivity contribution in [2.24, 2.45) is 0 Å². The number of fused-ring (bicyclic) bond motifs is 3. The zero-order valence-corrected chi connectivity index (χ0v) is 11.0. The molecular weight excluding hydrogens is 268 g/mol. The second-order valence-electron chi connectivity index (χ2n) is 4.64. The number of carbonyl (C=O) groups excluding carboxylic acids is 2. The minimum Gasteiger partial charge on any atom is -0.489 e. The van der Waals surface area contributed by atoms with Crippen LogP contribution in [0, 0.1) is 0 Å². The Kier molecular flexibility index (Phi) is 3.06. The lowest BCUT2D eigenvalue weighted by Gasteiger charge is -2.30. The lowest BCUT2D eigenvalue weighted by Crippen LogP contribution is -2.41. The van der Waals surface area contributed by atoms with E-state index in [0.29, 0.717) is 19.7 Å². The number of urea groups is 1. The van der Waals surface area contributed by atoms with E-state index >= 15 is 0 Å². The third kappa shape index (κ3) is 2.14. The highest BCUT2D eigenvalue weighted by Crippen LogP contribution is 2.37. The molecule has 2 aliphatic rings. The predicted molar refractivity (Wildman–Crippen MR) is 70.7 cm³/mol. The molecule has 0 saturated carbocycles. The summed E-state index contributed by atoms with van der Waals surface area (Å²) in [5.74, 6) is 0.724. The number of benzene rings is 1. The molecular formula is C13H13ClN2O3. The van der Waals surface area contributed by atoms with Gasteiger partial charge in [-0.1, -0.05) is 12.1 Å². The van der Waals surface area contributed by atoms with Crippen LogP contribution in [0.3, 0.4) is 0 Å². The third-order valence-corrected chi connectivity index (χ3v) is 3.60. The Morgan fingerprint density at radius 2 is 2.21 bits per heavy atom. The molecule has 1 atom stereocenters. The maximum absolute atomic E-state index is 12.4. The first-order valence-electron chi connectivity index (χ1n) is 6.15. The van der Waals surface area contributed by atoms with E-state index in [-0.39, 0.29) is 18.5 Å². The lowest BCUT2D eigenvalue weighted by atomic mass is 10.2. The predicted octanol–water partition coefficient (Wildman–Crippen LogP) is 1.85. The number of anilines is 1. The molecule has 0 aliphatic carbocycles. The van der Waals surface area contributed by atoms with Gasteiger partial charge in [-0.15, -0.1) is 0 Å². The molecule has 2 heterocycles. The van der Waals surface area contributed by atoms with Crippen LogP contribution in [-0.2, 0) is 4.79 Å². The first-order chi connectivity index (χ1) is 9.16. The zero-order valence-electron chi connectivity index (χ0n) is 10.2. The topological polar surface area (TPSA) is 49.9 Å². The van der Waals surface area contributed by atoms with Gasteiger partial charge in [0, 0.05) is 19.5 Å². The molecule has 2 amide bonds. The van der Waals surface area contributed by atoms with Crippen LogP contribution in [-0.4, -0.2) is 41.9 Å². The largest absolute Gasteiger partial charge is 0.489 e. The van der Waals surface area contributed by atoms with Crippen LogP contribution in [0.2, 0.25) is 0 Å². The highest BCUT2D eigenvalue weighted by molar-refractivity contribution is 6.63. The van der Waals surface area contributed by atoms with Crippen LogP contribution in [0.5, 0.6) is 5.75 Å². The summed E-state index contributed by atoms with van der Waals surface area (Å²) < 4.78 is 5.65. The first-order valence-corrected chi connectivity index (χ1v) is 6.53. The maximum atomic E-state index is 12.4. The highest BCUT2D eigenvalue weighted by atomic mass is 35.5. The summed E-state index contributed by atoms with van der Waals surface area (Å²) in [6.45, 7) is 1.40. The van der Waals surface area contributed by atoms with Gasteiger partial charge < -0.3 is 9.64 Å². The molecule has 6 heteroatoms. The Balaban J connectivity index is 1.82. The number of ether oxygens (including phenoxy) is 1. The molecule has 0 spiro atoms. The number of carbonyl (C=O) groups is 2. The van der Waals surface area contributed by atoms with Crippen molar-refractivity contribution in [1.29, 1.82) is 0 Å². The average Bonchev–Trinajstić information content (AvgIpc) is 2.73. The number of nitrogens with zero attached hydrogens (tertiary/aromatic N) is 2. The fourth-order valence-corrected chi connectivity index (χ4v) is 2.61. The van der Waals surface area contributed by atoms with E-state index in [1.54, 1.807) is 9.80 Å². The van der Waals surface area contributed by atoms with E-state index in [1.165, 1.54) is 0 Å². The number of rotatable bonds is 3. The monoisotopic (exact) mass is 280 g/mol. The van der Waals surface area contributed by atoms with Crippen LogP contribution >= 0.6 is 11.6 Å². The molecule has 1 saturated heterocycles. The summed E-state index contributed by atoms with van der Waals surface area (Å²) in [5.41, 5.74) is 0.795. The van der Waals surface area contributed by atoms with Crippen molar-refractivity contribution in [2.45, 2.75) is 12.5 Å². The Hall–Kier alpha value is -1.75. The van der Waals surface area contributed by atoms with Crippen LogP contribution in [0.15, 0.2) is 24.3 Å². The van der Waals surface area contributed by atoms with Crippen LogP contribution in [0.25, 0.3) is 0 Å². The second kappa shape index (κ2) is 4.74. The Bertz CT molecular complexity index is 534. The summed E-state index contributed by atoms with van der Waals surface area (Å²) in [4.78, 5) is 26.6. The van der Waals surface area contributed by atoms with Gasteiger partial charge in [0.05, 0.1) is 11.7 Å².